The summed E-state index contributed by atoms with van der Waals surface area (Å²) >= 11 is 0. The summed E-state index contributed by atoms with van der Waals surface area (Å²) in [7, 11) is 0. The van der Waals surface area contributed by atoms with Crippen molar-refractivity contribution in [2.75, 3.05) is 11.9 Å². The Bertz CT molecular complexity index is 1520. The summed E-state index contributed by atoms with van der Waals surface area (Å²) in [4.78, 5) is 54.7. The highest BCUT2D eigenvalue weighted by molar-refractivity contribution is 6.01. The molecular formula is C36H44N4O5. The van der Waals surface area contributed by atoms with Crippen molar-refractivity contribution >= 4 is 40.3 Å². The van der Waals surface area contributed by atoms with Gasteiger partial charge in [0.1, 0.15) is 17.7 Å². The van der Waals surface area contributed by atoms with Crippen LogP contribution in [0.1, 0.15) is 83.4 Å². The van der Waals surface area contributed by atoms with Crippen LogP contribution in [0.4, 0.5) is 10.5 Å². The molecule has 0 bridgehead atoms. The molecule has 0 saturated carbocycles. The number of fused-ring (bicyclic) bond motifs is 1. The number of rotatable bonds is 14. The van der Waals surface area contributed by atoms with Gasteiger partial charge < -0.3 is 26.0 Å². The van der Waals surface area contributed by atoms with Crippen LogP contribution in [0.2, 0.25) is 0 Å². The lowest BCUT2D eigenvalue weighted by Gasteiger charge is -2.34. The van der Waals surface area contributed by atoms with Crippen LogP contribution in [0.25, 0.3) is 10.8 Å². The normalized spacial score (nSPS) is 12.4. The summed E-state index contributed by atoms with van der Waals surface area (Å²) < 4.78 is 5.37. The minimum absolute atomic E-state index is 0.195. The van der Waals surface area contributed by atoms with Crippen molar-refractivity contribution in [3.8, 4) is 12.3 Å². The molecule has 4 N–H and O–H groups in total. The number of carbonyl (C=O) groups excluding carboxylic acids is 4. The summed E-state index contributed by atoms with van der Waals surface area (Å²) in [6, 6.07) is 17.7. The molecule has 2 atom stereocenters. The monoisotopic (exact) mass is 612 g/mol. The zero-order valence-electron chi connectivity index (χ0n) is 26.6. The Morgan fingerprint density at radius 2 is 1.60 bits per heavy atom. The van der Waals surface area contributed by atoms with Crippen molar-refractivity contribution in [3.63, 3.8) is 0 Å². The number of amides is 4. The molecule has 0 saturated heterocycles. The second kappa shape index (κ2) is 16.3. The molecule has 238 valence electrons. The summed E-state index contributed by atoms with van der Waals surface area (Å²) in [5.74, 6) is 0.690. The highest BCUT2D eigenvalue weighted by atomic mass is 16.6. The largest absolute Gasteiger partial charge is 0.444 e. The van der Waals surface area contributed by atoms with E-state index in [0.29, 0.717) is 23.2 Å². The lowest BCUT2D eigenvalue weighted by atomic mass is 9.99. The zero-order chi connectivity index (χ0) is 33.0. The molecule has 9 nitrogen and oxygen atoms in total. The Kier molecular flexibility index (Phi) is 12.5. The van der Waals surface area contributed by atoms with E-state index in [4.69, 9.17) is 16.9 Å². The van der Waals surface area contributed by atoms with E-state index in [0.717, 1.165) is 36.5 Å². The van der Waals surface area contributed by atoms with E-state index in [-0.39, 0.29) is 6.54 Å². The predicted molar refractivity (Wildman–Crippen MR) is 177 cm³/mol. The average molecular weight is 613 g/mol. The molecule has 4 amide bonds. The van der Waals surface area contributed by atoms with Crippen LogP contribution in [-0.2, 0) is 19.1 Å². The number of nitrogens with zero attached hydrogens (tertiary/aromatic N) is 1. The third kappa shape index (κ3) is 10.7. The number of carbonyl (C=O) groups is 4. The van der Waals surface area contributed by atoms with Gasteiger partial charge in [-0.3, -0.25) is 14.4 Å². The Labute approximate surface area is 265 Å². The maximum Gasteiger partial charge on any atom is 0.408 e. The van der Waals surface area contributed by atoms with Gasteiger partial charge in [0.15, 0.2) is 0 Å². The first kappa shape index (κ1) is 34.6. The van der Waals surface area contributed by atoms with Crippen LogP contribution in [-0.4, -0.2) is 46.9 Å². The lowest BCUT2D eigenvalue weighted by molar-refractivity contribution is -0.142. The van der Waals surface area contributed by atoms with Gasteiger partial charge in [0.25, 0.3) is 5.91 Å². The van der Waals surface area contributed by atoms with Gasteiger partial charge in [0.2, 0.25) is 11.8 Å². The molecule has 9 heteroatoms. The summed E-state index contributed by atoms with van der Waals surface area (Å²) in [5.41, 5.74) is 6.36. The summed E-state index contributed by atoms with van der Waals surface area (Å²) in [5, 5.41) is 7.46. The smallest absolute Gasteiger partial charge is 0.408 e. The summed E-state index contributed by atoms with van der Waals surface area (Å²) in [6.07, 6.45) is 8.71. The molecule has 3 aromatic rings. The van der Waals surface area contributed by atoms with Gasteiger partial charge in [-0.05, 0) is 67.8 Å². The third-order valence-corrected chi connectivity index (χ3v) is 7.15. The van der Waals surface area contributed by atoms with Crippen molar-refractivity contribution in [2.24, 2.45) is 5.73 Å². The predicted octanol–water partition coefficient (Wildman–Crippen LogP) is 6.07. The molecule has 2 unspecified atom stereocenters. The number of primary amides is 1. The molecule has 0 aliphatic rings. The number of anilines is 1. The minimum Gasteiger partial charge on any atom is -0.444 e. The van der Waals surface area contributed by atoms with Crippen LogP contribution < -0.4 is 16.4 Å². The number of nitrogens with two attached hydrogens (primary N) is 1. The lowest BCUT2D eigenvalue weighted by Crippen LogP contribution is -2.53. The number of alkyl carbamates (subject to hydrolysis) is 1. The SMILES string of the molecule is C#Cc1ccc(C(C(=O)Nc2ccc3ccccc3c2)N(CCCCCCC)C(=O)C(CC(N)=O)NC(=O)OC(C)(C)C)cc1. The number of hydrogen-bond acceptors (Lipinski definition) is 5. The molecule has 0 aromatic heterocycles. The van der Waals surface area contributed by atoms with Crippen molar-refractivity contribution in [1.82, 2.24) is 10.2 Å². The molecule has 0 aliphatic heterocycles. The topological polar surface area (TPSA) is 131 Å². The Morgan fingerprint density at radius 3 is 2.22 bits per heavy atom. The van der Waals surface area contributed by atoms with Gasteiger partial charge in [-0.15, -0.1) is 6.42 Å². The zero-order valence-corrected chi connectivity index (χ0v) is 26.6. The minimum atomic E-state index is -1.35. The first-order chi connectivity index (χ1) is 21.4. The van der Waals surface area contributed by atoms with E-state index >= 15 is 0 Å². The highest BCUT2D eigenvalue weighted by Crippen LogP contribution is 2.27. The van der Waals surface area contributed by atoms with Gasteiger partial charge in [0, 0.05) is 17.8 Å². The number of unbranched alkanes of at least 4 members (excludes halogenated alkanes) is 4. The van der Waals surface area contributed by atoms with E-state index in [1.165, 1.54) is 4.90 Å². The number of hydrogen-bond donors (Lipinski definition) is 3. The quantitative estimate of drug-likeness (QED) is 0.150. The molecule has 45 heavy (non-hydrogen) atoms. The summed E-state index contributed by atoms with van der Waals surface area (Å²) in [6.45, 7) is 7.37. The van der Waals surface area contributed by atoms with Crippen molar-refractivity contribution in [1.29, 1.82) is 0 Å². The molecule has 0 spiro atoms. The highest BCUT2D eigenvalue weighted by Gasteiger charge is 2.37. The fourth-order valence-corrected chi connectivity index (χ4v) is 5.02. The van der Waals surface area contributed by atoms with E-state index in [1.807, 2.05) is 36.4 Å². The number of benzene rings is 3. The number of nitrogens with one attached hydrogen (secondary N) is 2. The van der Waals surface area contributed by atoms with Gasteiger partial charge in [-0.25, -0.2) is 4.79 Å². The van der Waals surface area contributed by atoms with Crippen molar-refractivity contribution in [3.05, 3.63) is 77.9 Å². The molecular weight excluding hydrogens is 568 g/mol. The van der Waals surface area contributed by atoms with E-state index in [9.17, 15) is 19.2 Å². The van der Waals surface area contributed by atoms with Crippen LogP contribution in [0.3, 0.4) is 0 Å². The second-order valence-corrected chi connectivity index (χ2v) is 12.0. The van der Waals surface area contributed by atoms with Gasteiger partial charge >= 0.3 is 6.09 Å². The Morgan fingerprint density at radius 1 is 0.933 bits per heavy atom. The van der Waals surface area contributed by atoms with Crippen LogP contribution in [0, 0.1) is 12.3 Å². The first-order valence-corrected chi connectivity index (χ1v) is 15.4. The molecule has 0 heterocycles. The van der Waals surface area contributed by atoms with Crippen molar-refractivity contribution < 1.29 is 23.9 Å². The third-order valence-electron chi connectivity index (χ3n) is 7.15. The maximum absolute atomic E-state index is 14.3. The fourth-order valence-electron chi connectivity index (χ4n) is 5.02. The van der Waals surface area contributed by atoms with Gasteiger partial charge in [-0.2, -0.15) is 0 Å². The Balaban J connectivity index is 2.05. The van der Waals surface area contributed by atoms with E-state index in [2.05, 4.69) is 23.5 Å². The first-order valence-electron chi connectivity index (χ1n) is 15.4. The molecule has 0 radical (unpaired) electrons. The Hall–Kier alpha value is -4.84. The van der Waals surface area contributed by atoms with Crippen molar-refractivity contribution in [2.45, 2.75) is 83.9 Å². The standard InChI is InChI=1S/C36H44N4O5/c1-6-8-9-10-13-22-40(34(43)30(24-31(37)41)39-35(44)45-36(3,4)5)32(27-18-16-25(7-2)17-19-27)33(42)38-29-21-20-26-14-11-12-15-28(26)23-29/h2,11-12,14-21,23,30,32H,6,8-10,13,22,24H2,1,3-5H3,(H2,37,41)(H,38,42)(H,39,44). The average Bonchev–Trinajstić information content (AvgIpc) is 2.98. The van der Waals surface area contributed by atoms with E-state index < -0.39 is 47.9 Å². The van der Waals surface area contributed by atoms with E-state index in [1.54, 1.807) is 51.1 Å². The maximum atomic E-state index is 14.3. The molecule has 3 rings (SSSR count). The van der Waals surface area contributed by atoms with Crippen LogP contribution >= 0.6 is 0 Å². The van der Waals surface area contributed by atoms with Gasteiger partial charge in [0.05, 0.1) is 6.42 Å². The molecule has 0 fully saturated rings. The number of terminal acetylenes is 1. The molecule has 0 aliphatic carbocycles. The number of ether oxygens (including phenoxy) is 1. The van der Waals surface area contributed by atoms with Crippen LogP contribution in [0.15, 0.2) is 66.7 Å². The van der Waals surface area contributed by atoms with Gasteiger partial charge in [-0.1, -0.05) is 81.0 Å². The van der Waals surface area contributed by atoms with Crippen LogP contribution in [0.5, 0.6) is 0 Å². The molecule has 3 aromatic carbocycles. The second-order valence-electron chi connectivity index (χ2n) is 12.0. The fraction of sp³-hybridized carbons (Fsp3) is 0.389.